The van der Waals surface area contributed by atoms with Gasteiger partial charge in [-0.25, -0.2) is 0 Å². The van der Waals surface area contributed by atoms with E-state index in [1.165, 1.54) is 0 Å². The van der Waals surface area contributed by atoms with Crippen LogP contribution in [0.5, 0.6) is 5.75 Å². The van der Waals surface area contributed by atoms with Crippen molar-refractivity contribution in [1.29, 1.82) is 0 Å². The summed E-state index contributed by atoms with van der Waals surface area (Å²) in [6.45, 7) is 9.89. The molecular weight excluding hydrogens is 455 g/mol. The fourth-order valence-electron chi connectivity index (χ4n) is 3.18. The molecule has 0 bridgehead atoms. The Labute approximate surface area is 181 Å². The van der Waals surface area contributed by atoms with Gasteiger partial charge in [-0.2, -0.15) is 0 Å². The van der Waals surface area contributed by atoms with E-state index in [-0.39, 0.29) is 24.0 Å². The molecule has 0 aromatic heterocycles. The molecular formula is C20H35IN4O2. The summed E-state index contributed by atoms with van der Waals surface area (Å²) in [6, 6.07) is 9.91. The van der Waals surface area contributed by atoms with Crippen LogP contribution in [0, 0.1) is 0 Å². The molecule has 7 heteroatoms. The van der Waals surface area contributed by atoms with Crippen LogP contribution in [0.4, 0.5) is 0 Å². The summed E-state index contributed by atoms with van der Waals surface area (Å²) in [5.74, 6) is 1.77. The monoisotopic (exact) mass is 490 g/mol. The van der Waals surface area contributed by atoms with E-state index >= 15 is 0 Å². The quantitative estimate of drug-likeness (QED) is 0.241. The lowest BCUT2D eigenvalue weighted by atomic mass is 10.2. The molecule has 0 spiro atoms. The van der Waals surface area contributed by atoms with Gasteiger partial charge >= 0.3 is 0 Å². The number of rotatable bonds is 9. The number of guanidine groups is 1. The Morgan fingerprint density at radius 2 is 1.74 bits per heavy atom. The molecule has 2 rings (SSSR count). The van der Waals surface area contributed by atoms with Gasteiger partial charge in [0.2, 0.25) is 0 Å². The topological polar surface area (TPSA) is 58.1 Å². The molecule has 6 nitrogen and oxygen atoms in total. The summed E-state index contributed by atoms with van der Waals surface area (Å²) in [5, 5.41) is 6.71. The first kappa shape index (κ1) is 24.0. The highest BCUT2D eigenvalue weighted by atomic mass is 127. The molecule has 1 aromatic carbocycles. The van der Waals surface area contributed by atoms with Crippen LogP contribution >= 0.6 is 24.0 Å². The Balaban J connectivity index is 0.00000364. The number of benzene rings is 1. The van der Waals surface area contributed by atoms with Gasteiger partial charge < -0.3 is 20.1 Å². The maximum absolute atomic E-state index is 5.77. The Kier molecular flexibility index (Phi) is 12.4. The molecule has 1 heterocycles. The van der Waals surface area contributed by atoms with Gasteiger partial charge in [0.1, 0.15) is 5.75 Å². The Morgan fingerprint density at radius 3 is 2.37 bits per heavy atom. The first-order chi connectivity index (χ1) is 12.7. The van der Waals surface area contributed by atoms with Crippen molar-refractivity contribution in [2.75, 3.05) is 46.4 Å². The second-order valence-electron chi connectivity index (χ2n) is 6.81. The van der Waals surface area contributed by atoms with Crippen LogP contribution in [-0.4, -0.2) is 69.4 Å². The molecule has 154 valence electrons. The minimum atomic E-state index is 0. The predicted molar refractivity (Wildman–Crippen MR) is 122 cm³/mol. The van der Waals surface area contributed by atoms with Crippen molar-refractivity contribution in [3.63, 3.8) is 0 Å². The third kappa shape index (κ3) is 10.2. The molecule has 1 aliphatic rings. The molecule has 1 saturated heterocycles. The molecule has 0 saturated carbocycles. The molecule has 27 heavy (non-hydrogen) atoms. The lowest BCUT2D eigenvalue weighted by Crippen LogP contribution is -2.46. The highest BCUT2D eigenvalue weighted by Crippen LogP contribution is 2.10. The van der Waals surface area contributed by atoms with E-state index in [0.717, 1.165) is 57.3 Å². The van der Waals surface area contributed by atoms with Crippen LogP contribution in [0.2, 0.25) is 0 Å². The van der Waals surface area contributed by atoms with E-state index < -0.39 is 0 Å². The number of hydrogen-bond donors (Lipinski definition) is 2. The van der Waals surface area contributed by atoms with Crippen molar-refractivity contribution >= 4 is 29.9 Å². The Bertz CT molecular complexity index is 520. The second kappa shape index (κ2) is 14.0. The van der Waals surface area contributed by atoms with E-state index in [9.17, 15) is 0 Å². The third-order valence-electron chi connectivity index (χ3n) is 4.29. The summed E-state index contributed by atoms with van der Waals surface area (Å²) in [7, 11) is 1.81. The van der Waals surface area contributed by atoms with Crippen LogP contribution in [0.3, 0.4) is 0 Å². The van der Waals surface area contributed by atoms with E-state index in [2.05, 4.69) is 34.4 Å². The molecule has 0 aliphatic carbocycles. The van der Waals surface area contributed by atoms with Crippen molar-refractivity contribution in [3.05, 3.63) is 30.3 Å². The molecule has 2 N–H and O–H groups in total. The van der Waals surface area contributed by atoms with Crippen molar-refractivity contribution in [3.8, 4) is 5.75 Å². The molecule has 1 aliphatic heterocycles. The highest BCUT2D eigenvalue weighted by molar-refractivity contribution is 14.0. The zero-order valence-corrected chi connectivity index (χ0v) is 19.1. The molecule has 1 fully saturated rings. The van der Waals surface area contributed by atoms with Gasteiger partial charge in [-0.3, -0.25) is 9.89 Å². The number of nitrogens with one attached hydrogen (secondary N) is 2. The first-order valence-corrected chi connectivity index (χ1v) is 9.67. The second-order valence-corrected chi connectivity index (χ2v) is 6.81. The minimum absolute atomic E-state index is 0. The van der Waals surface area contributed by atoms with Crippen LogP contribution in [-0.2, 0) is 4.74 Å². The van der Waals surface area contributed by atoms with Crippen molar-refractivity contribution in [2.24, 2.45) is 4.99 Å². The van der Waals surface area contributed by atoms with Gasteiger partial charge in [0.15, 0.2) is 5.96 Å². The Morgan fingerprint density at radius 1 is 1.11 bits per heavy atom. The Hall–Kier alpha value is -1.06. The molecule has 0 amide bonds. The summed E-state index contributed by atoms with van der Waals surface area (Å²) in [4.78, 5) is 6.76. The van der Waals surface area contributed by atoms with Gasteiger partial charge in [-0.15, -0.1) is 24.0 Å². The zero-order chi connectivity index (χ0) is 18.6. The first-order valence-electron chi connectivity index (χ1n) is 9.67. The zero-order valence-electron chi connectivity index (χ0n) is 16.8. The van der Waals surface area contributed by atoms with Gasteiger partial charge in [0.25, 0.3) is 0 Å². The van der Waals surface area contributed by atoms with Gasteiger partial charge in [-0.05, 0) is 38.8 Å². The number of aliphatic imine (C=N–C) groups is 1. The summed E-state index contributed by atoms with van der Waals surface area (Å²) < 4.78 is 11.5. The third-order valence-corrected chi connectivity index (χ3v) is 4.29. The van der Waals surface area contributed by atoms with E-state index in [1.54, 1.807) is 7.05 Å². The predicted octanol–water partition coefficient (Wildman–Crippen LogP) is 2.74. The SMILES string of the molecule is CN=C(NCCCOc1ccccc1)NCCCN1CC(C)OC(C)C1.I. The minimum Gasteiger partial charge on any atom is -0.494 e. The average molecular weight is 490 g/mol. The van der Waals surface area contributed by atoms with E-state index in [4.69, 9.17) is 9.47 Å². The lowest BCUT2D eigenvalue weighted by molar-refractivity contribution is -0.0679. The van der Waals surface area contributed by atoms with Crippen LogP contribution in [0.15, 0.2) is 35.3 Å². The maximum atomic E-state index is 5.77. The number of hydrogen-bond acceptors (Lipinski definition) is 4. The van der Waals surface area contributed by atoms with Gasteiger partial charge in [0.05, 0.1) is 18.8 Å². The lowest BCUT2D eigenvalue weighted by Gasteiger charge is -2.35. The summed E-state index contributed by atoms with van der Waals surface area (Å²) in [6.07, 6.45) is 2.69. The van der Waals surface area contributed by atoms with Crippen molar-refractivity contribution < 1.29 is 9.47 Å². The van der Waals surface area contributed by atoms with Crippen LogP contribution in [0.1, 0.15) is 26.7 Å². The average Bonchev–Trinajstić information content (AvgIpc) is 2.63. The maximum Gasteiger partial charge on any atom is 0.190 e. The fourth-order valence-corrected chi connectivity index (χ4v) is 3.18. The summed E-state index contributed by atoms with van der Waals surface area (Å²) in [5.41, 5.74) is 0. The highest BCUT2D eigenvalue weighted by Gasteiger charge is 2.21. The smallest absolute Gasteiger partial charge is 0.190 e. The molecule has 1 aromatic rings. The van der Waals surface area contributed by atoms with Gasteiger partial charge in [-0.1, -0.05) is 18.2 Å². The number of para-hydroxylation sites is 1. The molecule has 0 radical (unpaired) electrons. The van der Waals surface area contributed by atoms with Crippen LogP contribution < -0.4 is 15.4 Å². The standard InChI is InChI=1S/C20H34N4O2.HI/c1-17-15-24(16-18(2)26-17)13-7-11-22-20(21-3)23-12-8-14-25-19-9-5-4-6-10-19;/h4-6,9-10,17-18H,7-8,11-16H2,1-3H3,(H2,21,22,23);1H. The number of morpholine rings is 1. The number of nitrogens with zero attached hydrogens (tertiary/aromatic N) is 2. The largest absolute Gasteiger partial charge is 0.494 e. The van der Waals surface area contributed by atoms with Crippen molar-refractivity contribution in [2.45, 2.75) is 38.9 Å². The summed E-state index contributed by atoms with van der Waals surface area (Å²) >= 11 is 0. The fraction of sp³-hybridized carbons (Fsp3) is 0.650. The van der Waals surface area contributed by atoms with Gasteiger partial charge in [0, 0.05) is 39.8 Å². The normalized spacial score (nSPS) is 20.6. The molecule has 2 unspecified atom stereocenters. The number of halogens is 1. The number of ether oxygens (including phenoxy) is 2. The van der Waals surface area contributed by atoms with E-state index in [1.807, 2.05) is 30.3 Å². The van der Waals surface area contributed by atoms with E-state index in [0.29, 0.717) is 18.8 Å². The molecule has 2 atom stereocenters. The van der Waals surface area contributed by atoms with Crippen molar-refractivity contribution in [1.82, 2.24) is 15.5 Å². The van der Waals surface area contributed by atoms with Crippen LogP contribution in [0.25, 0.3) is 0 Å².